The molecule has 0 amide bonds. The molecule has 3 rings (SSSR count). The zero-order valence-electron chi connectivity index (χ0n) is 12.0. The van der Waals surface area contributed by atoms with E-state index in [9.17, 15) is 18.0 Å². The van der Waals surface area contributed by atoms with Crippen molar-refractivity contribution < 1.29 is 22.4 Å². The third-order valence-corrected chi connectivity index (χ3v) is 5.39. The largest absolute Gasteiger partial charge is 0.464 e. The highest BCUT2D eigenvalue weighted by Gasteiger charge is 2.32. The van der Waals surface area contributed by atoms with Crippen molar-refractivity contribution in [3.63, 3.8) is 0 Å². The zero-order chi connectivity index (χ0) is 16.1. The zero-order valence-corrected chi connectivity index (χ0v) is 12.8. The second-order valence-corrected chi connectivity index (χ2v) is 7.28. The molecule has 0 spiro atoms. The van der Waals surface area contributed by atoms with Crippen LogP contribution in [0.1, 0.15) is 12.5 Å². The number of esters is 1. The van der Waals surface area contributed by atoms with E-state index < -0.39 is 27.8 Å². The van der Waals surface area contributed by atoms with Crippen molar-refractivity contribution in [1.29, 1.82) is 0 Å². The van der Waals surface area contributed by atoms with Gasteiger partial charge < -0.3 is 9.15 Å². The fourth-order valence-electron chi connectivity index (χ4n) is 2.40. The first-order valence-corrected chi connectivity index (χ1v) is 8.00. The Bertz CT molecular complexity index is 908. The first-order valence-electron chi connectivity index (χ1n) is 6.56. The standard InChI is InChI=1S/C13H14N2O6S/c1-14(2)22(18,19)8-3-4-9-11(7-8)21-13(17)15(9)10-5-6-20-12(10)16/h3-4,7,10H,5-6H2,1-2H3. The van der Waals surface area contributed by atoms with E-state index in [1.807, 2.05) is 0 Å². The third-order valence-electron chi connectivity index (χ3n) is 3.58. The minimum atomic E-state index is -3.63. The molecule has 8 nitrogen and oxygen atoms in total. The average molecular weight is 326 g/mol. The number of cyclic esters (lactones) is 1. The van der Waals surface area contributed by atoms with Gasteiger partial charge in [-0.1, -0.05) is 0 Å². The van der Waals surface area contributed by atoms with E-state index >= 15 is 0 Å². The second-order valence-electron chi connectivity index (χ2n) is 5.13. The van der Waals surface area contributed by atoms with E-state index in [0.717, 1.165) is 4.31 Å². The molecule has 118 valence electrons. The number of rotatable bonds is 3. The number of aromatic nitrogens is 1. The Morgan fingerprint density at radius 2 is 2.00 bits per heavy atom. The predicted molar refractivity (Wildman–Crippen MR) is 76.0 cm³/mol. The van der Waals surface area contributed by atoms with Crippen LogP contribution in [-0.2, 0) is 19.6 Å². The Labute approximate surface area is 125 Å². The summed E-state index contributed by atoms with van der Waals surface area (Å²) in [5.41, 5.74) is 0.485. The molecule has 1 atom stereocenters. The van der Waals surface area contributed by atoms with Gasteiger partial charge in [-0.2, -0.15) is 0 Å². The molecule has 0 aliphatic carbocycles. The smallest absolute Gasteiger partial charge is 0.420 e. The molecule has 1 unspecified atom stereocenters. The highest BCUT2D eigenvalue weighted by atomic mass is 32.2. The second kappa shape index (κ2) is 4.96. The number of carbonyl (C=O) groups excluding carboxylic acids is 1. The summed E-state index contributed by atoms with van der Waals surface area (Å²) >= 11 is 0. The molecule has 2 aromatic rings. The van der Waals surface area contributed by atoms with Gasteiger partial charge in [-0.3, -0.25) is 4.57 Å². The van der Waals surface area contributed by atoms with Gasteiger partial charge in [0.1, 0.15) is 6.04 Å². The summed E-state index contributed by atoms with van der Waals surface area (Å²) in [6.07, 6.45) is 0.380. The SMILES string of the molecule is CN(C)S(=O)(=O)c1ccc2c(c1)oc(=O)n2C1CCOC1=O. The number of ether oxygens (including phenoxy) is 1. The number of sulfonamides is 1. The van der Waals surface area contributed by atoms with Crippen molar-refractivity contribution in [3.05, 3.63) is 28.7 Å². The summed E-state index contributed by atoms with van der Waals surface area (Å²) in [5.74, 6) is -1.20. The van der Waals surface area contributed by atoms with Crippen molar-refractivity contribution in [2.24, 2.45) is 0 Å². The molecular formula is C13H14N2O6S. The molecule has 0 N–H and O–H groups in total. The van der Waals surface area contributed by atoms with Crippen molar-refractivity contribution in [2.45, 2.75) is 17.4 Å². The van der Waals surface area contributed by atoms with Gasteiger partial charge in [0.2, 0.25) is 10.0 Å². The lowest BCUT2D eigenvalue weighted by molar-refractivity contribution is -0.140. The molecule has 0 saturated carbocycles. The van der Waals surface area contributed by atoms with Crippen LogP contribution in [0.25, 0.3) is 11.1 Å². The van der Waals surface area contributed by atoms with Crippen LogP contribution in [0.4, 0.5) is 0 Å². The number of hydrogen-bond acceptors (Lipinski definition) is 6. The Morgan fingerprint density at radius 3 is 2.59 bits per heavy atom. The monoisotopic (exact) mass is 326 g/mol. The van der Waals surface area contributed by atoms with Crippen molar-refractivity contribution in [3.8, 4) is 0 Å². The summed E-state index contributed by atoms with van der Waals surface area (Å²) in [4.78, 5) is 23.7. The molecule has 0 bridgehead atoms. The molecule has 2 heterocycles. The Balaban J connectivity index is 2.18. The summed E-state index contributed by atoms with van der Waals surface area (Å²) in [5, 5.41) is 0. The molecule has 1 aromatic heterocycles. The van der Waals surface area contributed by atoms with Crippen molar-refractivity contribution >= 4 is 27.1 Å². The molecule has 1 aromatic carbocycles. The molecule has 22 heavy (non-hydrogen) atoms. The number of nitrogens with zero attached hydrogens (tertiary/aromatic N) is 2. The highest BCUT2D eigenvalue weighted by Crippen LogP contribution is 2.26. The maximum atomic E-state index is 12.1. The first kappa shape index (κ1) is 14.8. The summed E-state index contributed by atoms with van der Waals surface area (Å²) in [6.45, 7) is 0.246. The predicted octanol–water partition coefficient (Wildman–Crippen LogP) is 0.333. The first-order chi connectivity index (χ1) is 10.3. The fourth-order valence-corrected chi connectivity index (χ4v) is 3.32. The normalized spacial score (nSPS) is 19.0. The molecule has 1 aliphatic rings. The number of oxazole rings is 1. The van der Waals surface area contributed by atoms with Gasteiger partial charge in [-0.25, -0.2) is 22.3 Å². The summed E-state index contributed by atoms with van der Waals surface area (Å²) < 4.78 is 36.4. The number of hydrogen-bond donors (Lipinski definition) is 0. The summed E-state index contributed by atoms with van der Waals surface area (Å²) in [6, 6.07) is 3.39. The van der Waals surface area contributed by atoms with Gasteiger partial charge in [0.15, 0.2) is 5.58 Å². The highest BCUT2D eigenvalue weighted by molar-refractivity contribution is 7.89. The third kappa shape index (κ3) is 2.13. The van der Waals surface area contributed by atoms with Crippen LogP contribution in [0.15, 0.2) is 32.3 Å². The van der Waals surface area contributed by atoms with E-state index in [0.29, 0.717) is 11.9 Å². The molecular weight excluding hydrogens is 312 g/mol. The topological polar surface area (TPSA) is 98.8 Å². The average Bonchev–Trinajstić information content (AvgIpc) is 2.99. The van der Waals surface area contributed by atoms with Crippen LogP contribution in [0, 0.1) is 0 Å². The lowest BCUT2D eigenvalue weighted by Crippen LogP contribution is -2.23. The van der Waals surface area contributed by atoms with Gasteiger partial charge >= 0.3 is 11.7 Å². The van der Waals surface area contributed by atoms with Crippen LogP contribution in [-0.4, -0.2) is 44.0 Å². The Kier molecular flexibility index (Phi) is 3.33. The van der Waals surface area contributed by atoms with Gasteiger partial charge in [-0.15, -0.1) is 0 Å². The van der Waals surface area contributed by atoms with Crippen molar-refractivity contribution in [1.82, 2.24) is 8.87 Å². The number of fused-ring (bicyclic) bond motifs is 1. The molecule has 1 fully saturated rings. The van der Waals surface area contributed by atoms with Gasteiger partial charge in [0.25, 0.3) is 0 Å². The molecule has 1 saturated heterocycles. The van der Waals surface area contributed by atoms with E-state index in [1.165, 1.54) is 36.9 Å². The van der Waals surface area contributed by atoms with Gasteiger partial charge in [-0.05, 0) is 12.1 Å². The van der Waals surface area contributed by atoms with Crippen LogP contribution >= 0.6 is 0 Å². The van der Waals surface area contributed by atoms with Crippen LogP contribution < -0.4 is 5.76 Å². The van der Waals surface area contributed by atoms with E-state index in [2.05, 4.69) is 0 Å². The number of carbonyl (C=O) groups is 1. The maximum Gasteiger partial charge on any atom is 0.420 e. The van der Waals surface area contributed by atoms with E-state index in [1.54, 1.807) is 0 Å². The van der Waals surface area contributed by atoms with Crippen LogP contribution in [0.3, 0.4) is 0 Å². The molecule has 9 heteroatoms. The molecule has 1 aliphatic heterocycles. The quantitative estimate of drug-likeness (QED) is 0.754. The number of benzene rings is 1. The Morgan fingerprint density at radius 1 is 1.27 bits per heavy atom. The van der Waals surface area contributed by atoms with Gasteiger partial charge in [0.05, 0.1) is 17.0 Å². The summed E-state index contributed by atoms with van der Waals surface area (Å²) in [7, 11) is -0.807. The van der Waals surface area contributed by atoms with E-state index in [-0.39, 0.29) is 17.1 Å². The fraction of sp³-hybridized carbons (Fsp3) is 0.385. The van der Waals surface area contributed by atoms with E-state index in [4.69, 9.17) is 9.15 Å². The van der Waals surface area contributed by atoms with Crippen LogP contribution in [0.5, 0.6) is 0 Å². The maximum absolute atomic E-state index is 12.1. The van der Waals surface area contributed by atoms with Crippen molar-refractivity contribution in [2.75, 3.05) is 20.7 Å². The minimum absolute atomic E-state index is 0.0138. The van der Waals surface area contributed by atoms with Crippen LogP contribution in [0.2, 0.25) is 0 Å². The lowest BCUT2D eigenvalue weighted by atomic mass is 10.2. The minimum Gasteiger partial charge on any atom is -0.464 e. The van der Waals surface area contributed by atoms with Gasteiger partial charge in [0, 0.05) is 26.6 Å². The lowest BCUT2D eigenvalue weighted by Gasteiger charge is -2.11. The molecule has 0 radical (unpaired) electrons. The Hall–Kier alpha value is -2.13.